The van der Waals surface area contributed by atoms with E-state index in [4.69, 9.17) is 4.74 Å². The number of sulfone groups is 1. The summed E-state index contributed by atoms with van der Waals surface area (Å²) in [4.78, 5) is 0. The predicted molar refractivity (Wildman–Crippen MR) is 73.6 cm³/mol. The lowest BCUT2D eigenvalue weighted by Crippen LogP contribution is -2.33. The normalized spacial score (nSPS) is 13.3. The van der Waals surface area contributed by atoms with E-state index in [0.29, 0.717) is 6.54 Å². The Labute approximate surface area is 109 Å². The highest BCUT2D eigenvalue weighted by atomic mass is 32.2. The largest absolute Gasteiger partial charge is 0.497 e. The van der Waals surface area contributed by atoms with E-state index in [0.717, 1.165) is 11.3 Å². The first-order valence-electron chi connectivity index (χ1n) is 6.03. The number of methoxy groups -OCH3 is 1. The SMILES string of the molecule is CCS(=O)(=O)CC(C)NCc1ccc(OC)cc1. The van der Waals surface area contributed by atoms with Gasteiger partial charge in [0, 0.05) is 18.3 Å². The summed E-state index contributed by atoms with van der Waals surface area (Å²) >= 11 is 0. The Hall–Kier alpha value is -1.07. The maximum absolute atomic E-state index is 11.4. The Morgan fingerprint density at radius 1 is 1.28 bits per heavy atom. The van der Waals surface area contributed by atoms with E-state index in [1.165, 1.54) is 0 Å². The molecule has 1 unspecified atom stereocenters. The van der Waals surface area contributed by atoms with Crippen molar-refractivity contribution < 1.29 is 13.2 Å². The average Bonchev–Trinajstić information content (AvgIpc) is 2.36. The fraction of sp³-hybridized carbons (Fsp3) is 0.538. The summed E-state index contributed by atoms with van der Waals surface area (Å²) in [5, 5.41) is 3.21. The van der Waals surface area contributed by atoms with Crippen LogP contribution < -0.4 is 10.1 Å². The molecule has 18 heavy (non-hydrogen) atoms. The molecule has 0 aliphatic heterocycles. The van der Waals surface area contributed by atoms with Crippen molar-refractivity contribution >= 4 is 9.84 Å². The minimum atomic E-state index is -2.92. The number of benzene rings is 1. The fourth-order valence-corrected chi connectivity index (χ4v) is 2.71. The number of nitrogens with one attached hydrogen (secondary N) is 1. The van der Waals surface area contributed by atoms with Crippen molar-refractivity contribution in [3.05, 3.63) is 29.8 Å². The van der Waals surface area contributed by atoms with E-state index in [1.807, 2.05) is 31.2 Å². The van der Waals surface area contributed by atoms with Gasteiger partial charge in [0.1, 0.15) is 5.75 Å². The van der Waals surface area contributed by atoms with E-state index in [1.54, 1.807) is 14.0 Å². The third kappa shape index (κ3) is 5.06. The smallest absolute Gasteiger partial charge is 0.151 e. The molecule has 0 aliphatic rings. The minimum absolute atomic E-state index is 0.0444. The van der Waals surface area contributed by atoms with Crippen molar-refractivity contribution in [1.82, 2.24) is 5.32 Å². The molecule has 0 saturated heterocycles. The Morgan fingerprint density at radius 2 is 1.89 bits per heavy atom. The van der Waals surface area contributed by atoms with Crippen molar-refractivity contribution in [3.63, 3.8) is 0 Å². The number of rotatable bonds is 7. The molecule has 0 amide bonds. The Bertz CT molecular complexity index is 454. The molecular weight excluding hydrogens is 250 g/mol. The molecule has 0 radical (unpaired) electrons. The molecule has 0 aliphatic carbocycles. The fourth-order valence-electron chi connectivity index (χ4n) is 1.59. The maximum Gasteiger partial charge on any atom is 0.151 e. The standard InChI is InChI=1S/C13H21NO3S/c1-4-18(15,16)10-11(2)14-9-12-5-7-13(17-3)8-6-12/h5-8,11,14H,4,9-10H2,1-3H3. The van der Waals surface area contributed by atoms with Crippen LogP contribution in [0.5, 0.6) is 5.75 Å². The van der Waals surface area contributed by atoms with Gasteiger partial charge in [0.05, 0.1) is 12.9 Å². The maximum atomic E-state index is 11.4. The lowest BCUT2D eigenvalue weighted by molar-refractivity contribution is 0.414. The lowest BCUT2D eigenvalue weighted by Gasteiger charge is -2.13. The lowest BCUT2D eigenvalue weighted by atomic mass is 10.2. The first-order chi connectivity index (χ1) is 8.46. The summed E-state index contributed by atoms with van der Waals surface area (Å²) in [6, 6.07) is 7.67. The van der Waals surface area contributed by atoms with Crippen LogP contribution in [0.4, 0.5) is 0 Å². The van der Waals surface area contributed by atoms with Gasteiger partial charge in [-0.05, 0) is 24.6 Å². The van der Waals surface area contributed by atoms with Crippen LogP contribution in [0.15, 0.2) is 24.3 Å². The Morgan fingerprint density at radius 3 is 2.39 bits per heavy atom. The first-order valence-corrected chi connectivity index (χ1v) is 7.85. The first kappa shape index (κ1) is 15.0. The van der Waals surface area contributed by atoms with Crippen molar-refractivity contribution in [2.75, 3.05) is 18.6 Å². The second kappa shape index (κ2) is 6.75. The molecular formula is C13H21NO3S. The van der Waals surface area contributed by atoms with Crippen LogP contribution >= 0.6 is 0 Å². The molecule has 0 aromatic heterocycles. The van der Waals surface area contributed by atoms with Gasteiger partial charge in [0.2, 0.25) is 0 Å². The highest BCUT2D eigenvalue weighted by molar-refractivity contribution is 7.91. The molecule has 4 nitrogen and oxygen atoms in total. The summed E-state index contributed by atoms with van der Waals surface area (Å²) < 4.78 is 28.0. The van der Waals surface area contributed by atoms with E-state index in [2.05, 4.69) is 5.32 Å². The van der Waals surface area contributed by atoms with Crippen LogP contribution in [-0.2, 0) is 16.4 Å². The topological polar surface area (TPSA) is 55.4 Å². The van der Waals surface area contributed by atoms with Crippen LogP contribution in [-0.4, -0.2) is 33.1 Å². The zero-order valence-electron chi connectivity index (χ0n) is 11.1. The molecule has 1 aromatic rings. The van der Waals surface area contributed by atoms with Gasteiger partial charge in [-0.3, -0.25) is 0 Å². The zero-order valence-corrected chi connectivity index (χ0v) is 12.0. The van der Waals surface area contributed by atoms with Crippen molar-refractivity contribution in [2.24, 2.45) is 0 Å². The molecule has 1 N–H and O–H groups in total. The number of hydrogen-bond donors (Lipinski definition) is 1. The van der Waals surface area contributed by atoms with Gasteiger partial charge in [0.25, 0.3) is 0 Å². The monoisotopic (exact) mass is 271 g/mol. The molecule has 1 atom stereocenters. The predicted octanol–water partition coefficient (Wildman–Crippen LogP) is 1.61. The van der Waals surface area contributed by atoms with Crippen LogP contribution in [0, 0.1) is 0 Å². The van der Waals surface area contributed by atoms with Gasteiger partial charge in [-0.15, -0.1) is 0 Å². The molecule has 0 fully saturated rings. The molecule has 0 heterocycles. The van der Waals surface area contributed by atoms with Gasteiger partial charge >= 0.3 is 0 Å². The van der Waals surface area contributed by atoms with Gasteiger partial charge < -0.3 is 10.1 Å². The Kier molecular flexibility index (Phi) is 5.62. The van der Waals surface area contributed by atoms with Crippen LogP contribution in [0.25, 0.3) is 0 Å². The number of ether oxygens (including phenoxy) is 1. The number of hydrogen-bond acceptors (Lipinski definition) is 4. The summed E-state index contributed by atoms with van der Waals surface area (Å²) in [7, 11) is -1.29. The van der Waals surface area contributed by atoms with Gasteiger partial charge in [-0.2, -0.15) is 0 Å². The molecule has 0 spiro atoms. The third-order valence-corrected chi connectivity index (χ3v) is 4.64. The molecule has 0 bridgehead atoms. The van der Waals surface area contributed by atoms with E-state index in [-0.39, 0.29) is 17.5 Å². The Balaban J connectivity index is 2.44. The van der Waals surface area contributed by atoms with E-state index >= 15 is 0 Å². The average molecular weight is 271 g/mol. The minimum Gasteiger partial charge on any atom is -0.497 e. The van der Waals surface area contributed by atoms with Gasteiger partial charge in [-0.1, -0.05) is 19.1 Å². The summed E-state index contributed by atoms with van der Waals surface area (Å²) in [5.74, 6) is 1.20. The van der Waals surface area contributed by atoms with Crippen LogP contribution in [0.2, 0.25) is 0 Å². The molecule has 5 heteroatoms. The molecule has 0 saturated carbocycles. The highest BCUT2D eigenvalue weighted by Gasteiger charge is 2.12. The summed E-state index contributed by atoms with van der Waals surface area (Å²) in [6.45, 7) is 4.21. The second-order valence-corrected chi connectivity index (χ2v) is 6.73. The van der Waals surface area contributed by atoms with Crippen LogP contribution in [0.1, 0.15) is 19.4 Å². The molecule has 1 rings (SSSR count). The van der Waals surface area contributed by atoms with Gasteiger partial charge in [-0.25, -0.2) is 8.42 Å². The van der Waals surface area contributed by atoms with Crippen molar-refractivity contribution in [3.8, 4) is 5.75 Å². The van der Waals surface area contributed by atoms with Crippen molar-refractivity contribution in [1.29, 1.82) is 0 Å². The summed E-state index contributed by atoms with van der Waals surface area (Å²) in [5.41, 5.74) is 1.11. The van der Waals surface area contributed by atoms with Crippen molar-refractivity contribution in [2.45, 2.75) is 26.4 Å². The summed E-state index contributed by atoms with van der Waals surface area (Å²) in [6.07, 6.45) is 0. The van der Waals surface area contributed by atoms with E-state index in [9.17, 15) is 8.42 Å². The third-order valence-electron chi connectivity index (χ3n) is 2.76. The molecule has 102 valence electrons. The zero-order chi connectivity index (χ0) is 13.6. The van der Waals surface area contributed by atoms with Crippen LogP contribution in [0.3, 0.4) is 0 Å². The second-order valence-electron chi connectivity index (χ2n) is 4.33. The quantitative estimate of drug-likeness (QED) is 0.818. The van der Waals surface area contributed by atoms with E-state index < -0.39 is 9.84 Å². The highest BCUT2D eigenvalue weighted by Crippen LogP contribution is 2.11. The molecule has 1 aromatic carbocycles. The van der Waals surface area contributed by atoms with Gasteiger partial charge in [0.15, 0.2) is 9.84 Å².